The number of aromatic nitrogens is 3. The van der Waals surface area contributed by atoms with Crippen molar-refractivity contribution < 1.29 is 9.53 Å². The molecule has 0 aliphatic carbocycles. The number of ether oxygens (including phenoxy) is 1. The smallest absolute Gasteiger partial charge is 0.278 e. The van der Waals surface area contributed by atoms with Crippen molar-refractivity contribution >= 4 is 11.6 Å². The normalized spacial score (nSPS) is 10.4. The minimum absolute atomic E-state index is 0.282. The van der Waals surface area contributed by atoms with Gasteiger partial charge in [0.05, 0.1) is 18.0 Å². The number of rotatable bonds is 5. The third-order valence-electron chi connectivity index (χ3n) is 3.53. The third kappa shape index (κ3) is 3.27. The molecule has 1 aromatic heterocycles. The van der Waals surface area contributed by atoms with Gasteiger partial charge in [0.15, 0.2) is 5.69 Å². The fraction of sp³-hybridized carbons (Fsp3) is 0.167. The number of anilines is 1. The van der Waals surface area contributed by atoms with E-state index in [1.807, 2.05) is 68.4 Å². The summed E-state index contributed by atoms with van der Waals surface area (Å²) in [5.74, 6) is 0.511. The van der Waals surface area contributed by atoms with Gasteiger partial charge in [-0.05, 0) is 50.2 Å². The van der Waals surface area contributed by atoms with Crippen LogP contribution in [0, 0.1) is 6.92 Å². The van der Waals surface area contributed by atoms with Crippen LogP contribution in [-0.4, -0.2) is 27.5 Å². The fourth-order valence-electron chi connectivity index (χ4n) is 2.35. The van der Waals surface area contributed by atoms with Crippen LogP contribution in [0.2, 0.25) is 0 Å². The number of carbonyl (C=O) groups is 1. The monoisotopic (exact) mass is 322 g/mol. The maximum absolute atomic E-state index is 12.4. The van der Waals surface area contributed by atoms with Crippen molar-refractivity contribution in [2.45, 2.75) is 13.8 Å². The highest BCUT2D eigenvalue weighted by Gasteiger charge is 2.17. The van der Waals surface area contributed by atoms with Gasteiger partial charge in [0.25, 0.3) is 5.91 Å². The lowest BCUT2D eigenvalue weighted by Crippen LogP contribution is -2.14. The van der Waals surface area contributed by atoms with Gasteiger partial charge in [-0.1, -0.05) is 23.4 Å². The fourth-order valence-corrected chi connectivity index (χ4v) is 2.35. The van der Waals surface area contributed by atoms with Gasteiger partial charge in [-0.3, -0.25) is 4.79 Å². The van der Waals surface area contributed by atoms with Crippen LogP contribution in [0.4, 0.5) is 5.69 Å². The van der Waals surface area contributed by atoms with Crippen LogP contribution in [0.1, 0.15) is 23.1 Å². The molecule has 0 spiro atoms. The van der Waals surface area contributed by atoms with E-state index in [0.29, 0.717) is 18.0 Å². The van der Waals surface area contributed by atoms with E-state index >= 15 is 0 Å². The molecule has 2 aromatic carbocycles. The standard InChI is InChI=1S/C18H18N4O2/c1-3-24-16-11-9-15(10-12-16)22-13(2)17(20-21-22)18(23)19-14-7-5-4-6-8-14/h4-12H,3H2,1-2H3,(H,19,23). The molecule has 24 heavy (non-hydrogen) atoms. The quantitative estimate of drug-likeness (QED) is 0.783. The topological polar surface area (TPSA) is 69.0 Å². The summed E-state index contributed by atoms with van der Waals surface area (Å²) in [5.41, 5.74) is 2.51. The number of para-hydroxylation sites is 1. The Morgan fingerprint density at radius 2 is 1.83 bits per heavy atom. The Balaban J connectivity index is 1.81. The Labute approximate surface area is 140 Å². The van der Waals surface area contributed by atoms with Gasteiger partial charge < -0.3 is 10.1 Å². The number of nitrogens with zero attached hydrogens (tertiary/aromatic N) is 3. The molecule has 1 heterocycles. The summed E-state index contributed by atoms with van der Waals surface area (Å²) in [6.07, 6.45) is 0. The van der Waals surface area contributed by atoms with E-state index in [0.717, 1.165) is 17.1 Å². The van der Waals surface area contributed by atoms with E-state index in [9.17, 15) is 4.79 Å². The molecule has 0 bridgehead atoms. The molecular weight excluding hydrogens is 304 g/mol. The summed E-state index contributed by atoms with van der Waals surface area (Å²) in [5, 5.41) is 10.9. The summed E-state index contributed by atoms with van der Waals surface area (Å²) < 4.78 is 7.06. The summed E-state index contributed by atoms with van der Waals surface area (Å²) in [6.45, 7) is 4.37. The third-order valence-corrected chi connectivity index (χ3v) is 3.53. The first kappa shape index (κ1) is 15.7. The summed E-state index contributed by atoms with van der Waals surface area (Å²) in [7, 11) is 0. The number of benzene rings is 2. The second-order valence-corrected chi connectivity index (χ2v) is 5.18. The second-order valence-electron chi connectivity index (χ2n) is 5.18. The van der Waals surface area contributed by atoms with Crippen LogP contribution in [0.25, 0.3) is 5.69 Å². The lowest BCUT2D eigenvalue weighted by Gasteiger charge is -2.06. The lowest BCUT2D eigenvalue weighted by atomic mass is 10.2. The molecule has 3 aromatic rings. The molecule has 1 amide bonds. The van der Waals surface area contributed by atoms with E-state index in [4.69, 9.17) is 4.74 Å². The van der Waals surface area contributed by atoms with Crippen LogP contribution in [0.3, 0.4) is 0 Å². The van der Waals surface area contributed by atoms with E-state index in [-0.39, 0.29) is 5.91 Å². The Bertz CT molecular complexity index is 826. The first-order valence-electron chi connectivity index (χ1n) is 7.71. The van der Waals surface area contributed by atoms with Crippen LogP contribution in [0.5, 0.6) is 5.75 Å². The van der Waals surface area contributed by atoms with Crippen molar-refractivity contribution in [3.05, 3.63) is 66.0 Å². The molecule has 0 unspecified atom stereocenters. The van der Waals surface area contributed by atoms with Gasteiger partial charge in [0.2, 0.25) is 0 Å². The van der Waals surface area contributed by atoms with Crippen molar-refractivity contribution in [2.75, 3.05) is 11.9 Å². The maximum atomic E-state index is 12.4. The van der Waals surface area contributed by atoms with Crippen molar-refractivity contribution in [3.8, 4) is 11.4 Å². The Kier molecular flexibility index (Phi) is 4.56. The van der Waals surface area contributed by atoms with Gasteiger partial charge >= 0.3 is 0 Å². The van der Waals surface area contributed by atoms with Crippen LogP contribution in [0.15, 0.2) is 54.6 Å². The maximum Gasteiger partial charge on any atom is 0.278 e. The number of carbonyl (C=O) groups excluding carboxylic acids is 1. The Morgan fingerprint density at radius 3 is 2.50 bits per heavy atom. The molecule has 0 saturated heterocycles. The molecule has 3 rings (SSSR count). The first-order valence-corrected chi connectivity index (χ1v) is 7.71. The highest BCUT2D eigenvalue weighted by atomic mass is 16.5. The molecule has 6 heteroatoms. The molecule has 0 aliphatic rings. The minimum Gasteiger partial charge on any atom is -0.494 e. The van der Waals surface area contributed by atoms with Gasteiger partial charge in [-0.2, -0.15) is 0 Å². The SMILES string of the molecule is CCOc1ccc(-n2nnc(C(=O)Nc3ccccc3)c2C)cc1. The van der Waals surface area contributed by atoms with Gasteiger partial charge in [0, 0.05) is 5.69 Å². The molecule has 0 radical (unpaired) electrons. The molecule has 0 atom stereocenters. The van der Waals surface area contributed by atoms with Crippen molar-refractivity contribution in [1.29, 1.82) is 0 Å². The predicted octanol–water partition coefficient (Wildman–Crippen LogP) is 3.23. The molecule has 6 nitrogen and oxygen atoms in total. The van der Waals surface area contributed by atoms with Gasteiger partial charge in [0.1, 0.15) is 5.75 Å². The van der Waals surface area contributed by atoms with Crippen LogP contribution >= 0.6 is 0 Å². The zero-order valence-corrected chi connectivity index (χ0v) is 13.6. The molecule has 0 aliphatic heterocycles. The number of amides is 1. The van der Waals surface area contributed by atoms with E-state index in [2.05, 4.69) is 15.6 Å². The highest BCUT2D eigenvalue weighted by molar-refractivity contribution is 6.03. The summed E-state index contributed by atoms with van der Waals surface area (Å²) >= 11 is 0. The number of hydrogen-bond donors (Lipinski definition) is 1. The Morgan fingerprint density at radius 1 is 1.12 bits per heavy atom. The molecular formula is C18H18N4O2. The Hall–Kier alpha value is -3.15. The zero-order valence-electron chi connectivity index (χ0n) is 13.6. The number of nitrogens with one attached hydrogen (secondary N) is 1. The van der Waals surface area contributed by atoms with Crippen molar-refractivity contribution in [1.82, 2.24) is 15.0 Å². The van der Waals surface area contributed by atoms with Gasteiger partial charge in [-0.25, -0.2) is 4.68 Å². The van der Waals surface area contributed by atoms with E-state index in [1.165, 1.54) is 0 Å². The van der Waals surface area contributed by atoms with Crippen LogP contribution < -0.4 is 10.1 Å². The van der Waals surface area contributed by atoms with Crippen molar-refractivity contribution in [2.24, 2.45) is 0 Å². The average Bonchev–Trinajstić information content (AvgIpc) is 2.98. The largest absolute Gasteiger partial charge is 0.494 e. The van der Waals surface area contributed by atoms with Crippen LogP contribution in [-0.2, 0) is 0 Å². The molecule has 1 N–H and O–H groups in total. The second kappa shape index (κ2) is 6.95. The highest BCUT2D eigenvalue weighted by Crippen LogP contribution is 2.18. The zero-order chi connectivity index (χ0) is 16.9. The number of hydrogen-bond acceptors (Lipinski definition) is 4. The van der Waals surface area contributed by atoms with E-state index < -0.39 is 0 Å². The van der Waals surface area contributed by atoms with Crippen molar-refractivity contribution in [3.63, 3.8) is 0 Å². The minimum atomic E-state index is -0.282. The summed E-state index contributed by atoms with van der Waals surface area (Å²) in [4.78, 5) is 12.4. The average molecular weight is 322 g/mol. The van der Waals surface area contributed by atoms with Gasteiger partial charge in [-0.15, -0.1) is 5.10 Å². The predicted molar refractivity (Wildman–Crippen MR) is 91.7 cm³/mol. The van der Waals surface area contributed by atoms with E-state index in [1.54, 1.807) is 4.68 Å². The molecule has 122 valence electrons. The molecule has 0 fully saturated rings. The first-order chi connectivity index (χ1) is 11.7. The summed E-state index contributed by atoms with van der Waals surface area (Å²) in [6, 6.07) is 16.8. The lowest BCUT2D eigenvalue weighted by molar-refractivity contribution is 0.102. The molecule has 0 saturated carbocycles.